The van der Waals surface area contributed by atoms with Crippen molar-refractivity contribution in [2.24, 2.45) is 0 Å². The number of aromatic nitrogens is 2. The van der Waals surface area contributed by atoms with Crippen LogP contribution in [-0.4, -0.2) is 53.3 Å². The fourth-order valence-corrected chi connectivity index (χ4v) is 3.23. The number of hydrogen-bond acceptors (Lipinski definition) is 5. The summed E-state index contributed by atoms with van der Waals surface area (Å²) in [4.78, 5) is 11.8. The van der Waals surface area contributed by atoms with Gasteiger partial charge in [0.2, 0.25) is 0 Å². The first-order valence-electron chi connectivity index (χ1n) is 8.47. The summed E-state index contributed by atoms with van der Waals surface area (Å²) in [7, 11) is 0. The van der Waals surface area contributed by atoms with Crippen LogP contribution in [0.15, 0.2) is 24.3 Å². The molecule has 0 unspecified atom stereocenters. The van der Waals surface area contributed by atoms with Crippen LogP contribution in [0.2, 0.25) is 0 Å². The molecule has 2 heterocycles. The van der Waals surface area contributed by atoms with E-state index in [4.69, 9.17) is 4.74 Å². The molecule has 1 saturated heterocycles. The number of nitrogens with one attached hydrogen (secondary N) is 1. The Morgan fingerprint density at radius 2 is 1.78 bits per heavy atom. The Hall–Kier alpha value is -1.72. The average molecular weight is 314 g/mol. The van der Waals surface area contributed by atoms with Crippen LogP contribution < -0.4 is 5.32 Å². The summed E-state index contributed by atoms with van der Waals surface area (Å²) in [5.74, 6) is 0.896. The van der Waals surface area contributed by atoms with Gasteiger partial charge in [-0.2, -0.15) is 0 Å². The quantitative estimate of drug-likeness (QED) is 0.860. The number of anilines is 1. The number of para-hydroxylation sites is 2. The van der Waals surface area contributed by atoms with E-state index in [9.17, 15) is 0 Å². The van der Waals surface area contributed by atoms with E-state index in [0.29, 0.717) is 12.2 Å². The van der Waals surface area contributed by atoms with Crippen molar-refractivity contribution in [3.63, 3.8) is 0 Å². The first kappa shape index (κ1) is 16.1. The molecule has 5 heteroatoms. The predicted molar refractivity (Wildman–Crippen MR) is 93.8 cm³/mol. The normalized spacial score (nSPS) is 22.4. The zero-order chi connectivity index (χ0) is 16.2. The molecule has 0 amide bonds. The molecule has 23 heavy (non-hydrogen) atoms. The summed E-state index contributed by atoms with van der Waals surface area (Å²) >= 11 is 0. The van der Waals surface area contributed by atoms with Crippen molar-refractivity contribution in [3.05, 3.63) is 30.0 Å². The van der Waals surface area contributed by atoms with Crippen LogP contribution in [0.5, 0.6) is 0 Å². The van der Waals surface area contributed by atoms with E-state index in [2.05, 4.69) is 34.0 Å². The van der Waals surface area contributed by atoms with Crippen LogP contribution in [-0.2, 0) is 4.74 Å². The van der Waals surface area contributed by atoms with Crippen molar-refractivity contribution >= 4 is 16.9 Å². The van der Waals surface area contributed by atoms with Crippen molar-refractivity contribution in [1.82, 2.24) is 14.9 Å². The van der Waals surface area contributed by atoms with Gasteiger partial charge < -0.3 is 10.1 Å². The third-order valence-corrected chi connectivity index (χ3v) is 4.18. The molecule has 5 nitrogen and oxygen atoms in total. The minimum atomic E-state index is 0.334. The molecular formula is C18H26N4O. The Balaban J connectivity index is 1.51. The zero-order valence-corrected chi connectivity index (χ0v) is 14.2. The molecule has 1 fully saturated rings. The minimum Gasteiger partial charge on any atom is -0.373 e. The zero-order valence-electron chi connectivity index (χ0n) is 14.2. The van der Waals surface area contributed by atoms with E-state index >= 15 is 0 Å². The lowest BCUT2D eigenvalue weighted by atomic mass is 10.2. The Bertz CT molecular complexity index is 651. The van der Waals surface area contributed by atoms with E-state index in [-0.39, 0.29) is 0 Å². The first-order valence-corrected chi connectivity index (χ1v) is 8.47. The van der Waals surface area contributed by atoms with Gasteiger partial charge in [-0.25, -0.2) is 9.97 Å². The van der Waals surface area contributed by atoms with E-state index in [0.717, 1.165) is 55.1 Å². The Labute approximate surface area is 138 Å². The van der Waals surface area contributed by atoms with Gasteiger partial charge in [0.05, 0.1) is 28.9 Å². The molecule has 0 bridgehead atoms. The highest BCUT2D eigenvalue weighted by atomic mass is 16.5. The standard InChI is InChI=1S/C18H26N4O/c1-13-11-22(12-14(2)23-13)10-6-9-19-18-15(3)20-16-7-4-5-8-17(16)21-18/h4-5,7-8,13-14H,6,9-12H2,1-3H3,(H,19,21)/t13-,14-/m1/s1. The second-order valence-electron chi connectivity index (χ2n) is 6.44. The number of benzene rings is 1. The van der Waals surface area contributed by atoms with Crippen molar-refractivity contribution < 1.29 is 4.74 Å². The molecule has 0 radical (unpaired) electrons. The van der Waals surface area contributed by atoms with Crippen molar-refractivity contribution in [2.75, 3.05) is 31.5 Å². The van der Waals surface area contributed by atoms with E-state index in [1.165, 1.54) is 0 Å². The fourth-order valence-electron chi connectivity index (χ4n) is 3.23. The molecule has 124 valence electrons. The lowest BCUT2D eigenvalue weighted by molar-refractivity contribution is -0.0678. The van der Waals surface area contributed by atoms with Crippen LogP contribution in [0.4, 0.5) is 5.82 Å². The molecule has 0 aliphatic carbocycles. The number of fused-ring (bicyclic) bond motifs is 1. The monoisotopic (exact) mass is 314 g/mol. The number of ether oxygens (including phenoxy) is 1. The van der Waals surface area contributed by atoms with Gasteiger partial charge in [0.1, 0.15) is 5.82 Å². The van der Waals surface area contributed by atoms with Crippen LogP contribution in [0.3, 0.4) is 0 Å². The molecule has 3 rings (SSSR count). The number of rotatable bonds is 5. The van der Waals surface area contributed by atoms with Gasteiger partial charge in [-0.3, -0.25) is 4.90 Å². The van der Waals surface area contributed by atoms with Gasteiger partial charge in [-0.15, -0.1) is 0 Å². The van der Waals surface area contributed by atoms with E-state index in [1.807, 2.05) is 31.2 Å². The molecule has 2 aromatic rings. The maximum absolute atomic E-state index is 5.77. The molecule has 0 spiro atoms. The molecule has 2 atom stereocenters. The lowest BCUT2D eigenvalue weighted by Crippen LogP contribution is -2.45. The topological polar surface area (TPSA) is 50.3 Å². The molecule has 1 N–H and O–H groups in total. The summed E-state index contributed by atoms with van der Waals surface area (Å²) in [6, 6.07) is 7.99. The first-order chi connectivity index (χ1) is 11.1. The Kier molecular flexibility index (Phi) is 5.08. The number of hydrogen-bond donors (Lipinski definition) is 1. The second kappa shape index (κ2) is 7.23. The van der Waals surface area contributed by atoms with Crippen molar-refractivity contribution in [3.8, 4) is 0 Å². The molecular weight excluding hydrogens is 288 g/mol. The van der Waals surface area contributed by atoms with Crippen LogP contribution >= 0.6 is 0 Å². The van der Waals surface area contributed by atoms with Crippen LogP contribution in [0.1, 0.15) is 26.0 Å². The summed E-state index contributed by atoms with van der Waals surface area (Å²) < 4.78 is 5.77. The molecule has 1 aliphatic heterocycles. The van der Waals surface area contributed by atoms with Gasteiger partial charge >= 0.3 is 0 Å². The average Bonchev–Trinajstić information content (AvgIpc) is 2.51. The largest absolute Gasteiger partial charge is 0.373 e. The third-order valence-electron chi connectivity index (χ3n) is 4.18. The van der Waals surface area contributed by atoms with Gasteiger partial charge in [0.25, 0.3) is 0 Å². The second-order valence-corrected chi connectivity index (χ2v) is 6.44. The highest BCUT2D eigenvalue weighted by Gasteiger charge is 2.21. The summed E-state index contributed by atoms with van der Waals surface area (Å²) in [6.45, 7) is 10.4. The Morgan fingerprint density at radius 1 is 1.13 bits per heavy atom. The highest BCUT2D eigenvalue weighted by molar-refractivity contribution is 5.76. The lowest BCUT2D eigenvalue weighted by Gasteiger charge is -2.35. The maximum Gasteiger partial charge on any atom is 0.148 e. The number of morpholine rings is 1. The van der Waals surface area contributed by atoms with Gasteiger partial charge in [0, 0.05) is 26.2 Å². The van der Waals surface area contributed by atoms with Crippen LogP contribution in [0, 0.1) is 6.92 Å². The van der Waals surface area contributed by atoms with Gasteiger partial charge in [-0.1, -0.05) is 12.1 Å². The van der Waals surface area contributed by atoms with Gasteiger partial charge in [0.15, 0.2) is 0 Å². The molecule has 0 saturated carbocycles. The van der Waals surface area contributed by atoms with Crippen LogP contribution in [0.25, 0.3) is 11.0 Å². The maximum atomic E-state index is 5.77. The van der Waals surface area contributed by atoms with Gasteiger partial charge in [-0.05, 0) is 39.3 Å². The predicted octanol–water partition coefficient (Wildman–Crippen LogP) is 2.85. The van der Waals surface area contributed by atoms with E-state index in [1.54, 1.807) is 0 Å². The van der Waals surface area contributed by atoms with E-state index < -0.39 is 0 Å². The highest BCUT2D eigenvalue weighted by Crippen LogP contribution is 2.16. The number of aryl methyl sites for hydroxylation is 1. The Morgan fingerprint density at radius 3 is 2.48 bits per heavy atom. The minimum absolute atomic E-state index is 0.334. The summed E-state index contributed by atoms with van der Waals surface area (Å²) in [5.41, 5.74) is 2.85. The molecule has 1 aromatic heterocycles. The summed E-state index contributed by atoms with van der Waals surface area (Å²) in [5, 5.41) is 3.44. The summed E-state index contributed by atoms with van der Waals surface area (Å²) in [6.07, 6.45) is 1.76. The third kappa shape index (κ3) is 4.18. The SMILES string of the molecule is Cc1nc2ccccc2nc1NCCCN1C[C@@H](C)O[C@H](C)C1. The fraction of sp³-hybridized carbons (Fsp3) is 0.556. The van der Waals surface area contributed by atoms with Crippen molar-refractivity contribution in [1.29, 1.82) is 0 Å². The molecule has 1 aliphatic rings. The number of nitrogens with zero attached hydrogens (tertiary/aromatic N) is 3. The smallest absolute Gasteiger partial charge is 0.148 e. The van der Waals surface area contributed by atoms with Crippen molar-refractivity contribution in [2.45, 2.75) is 39.4 Å². The molecule has 1 aromatic carbocycles.